The molecule has 1 aliphatic rings. The quantitative estimate of drug-likeness (QED) is 0.538. The molecule has 0 saturated carbocycles. The normalized spacial score (nSPS) is 15.9. The first-order valence-electron chi connectivity index (χ1n) is 10.6. The Morgan fingerprint density at radius 3 is 2.34 bits per heavy atom. The van der Waals surface area contributed by atoms with Gasteiger partial charge in [0.25, 0.3) is 5.91 Å². The molecule has 0 aliphatic carbocycles. The molecule has 1 amide bonds. The molecule has 168 valence electrons. The van der Waals surface area contributed by atoms with E-state index in [0.29, 0.717) is 11.6 Å². The topological polar surface area (TPSA) is 79.6 Å². The Kier molecular flexibility index (Phi) is 6.98. The van der Waals surface area contributed by atoms with Crippen LogP contribution in [-0.2, 0) is 9.84 Å². The molecular weight excluding hydrogens is 448 g/mol. The number of nitrogens with one attached hydrogen (secondary N) is 1. The predicted molar refractivity (Wildman–Crippen MR) is 123 cm³/mol. The average Bonchev–Trinajstić information content (AvgIpc) is 3.33. The number of nitrogens with zero attached hydrogens (tertiary/aromatic N) is 1. The van der Waals surface area contributed by atoms with E-state index in [1.165, 1.54) is 30.7 Å². The van der Waals surface area contributed by atoms with Crippen LogP contribution in [0.2, 0.25) is 5.02 Å². The summed E-state index contributed by atoms with van der Waals surface area (Å²) in [6, 6.07) is 18.4. The van der Waals surface area contributed by atoms with E-state index >= 15 is 0 Å². The van der Waals surface area contributed by atoms with Crippen molar-refractivity contribution in [3.8, 4) is 0 Å². The lowest BCUT2D eigenvalue weighted by Gasteiger charge is -2.35. The smallest absolute Gasteiger partial charge is 0.287 e. The fraction of sp³-hybridized carbons (Fsp3) is 0.292. The molecule has 32 heavy (non-hydrogen) atoms. The summed E-state index contributed by atoms with van der Waals surface area (Å²) in [7, 11) is -3.81. The predicted octanol–water partition coefficient (Wildman–Crippen LogP) is 4.72. The zero-order chi connectivity index (χ0) is 22.6. The summed E-state index contributed by atoms with van der Waals surface area (Å²) in [5.41, 5.74) is 1.07. The van der Waals surface area contributed by atoms with Crippen LogP contribution >= 0.6 is 11.6 Å². The number of sulfone groups is 1. The van der Waals surface area contributed by atoms with Crippen molar-refractivity contribution in [2.24, 2.45) is 0 Å². The maximum absolute atomic E-state index is 12.8. The number of benzene rings is 2. The van der Waals surface area contributed by atoms with Crippen molar-refractivity contribution < 1.29 is 17.6 Å². The lowest BCUT2D eigenvalue weighted by atomic mass is 10.0. The minimum absolute atomic E-state index is 0.000925. The number of amides is 1. The summed E-state index contributed by atoms with van der Waals surface area (Å²) in [4.78, 5) is 15.2. The van der Waals surface area contributed by atoms with Crippen LogP contribution in [0, 0.1) is 0 Å². The molecule has 1 aliphatic heterocycles. The SMILES string of the molecule is O=C(NCC(c1ccc(Cl)cc1)N1CCCCC1)c1ccc(S(=O)(=O)c2ccccc2)o1. The van der Waals surface area contributed by atoms with Crippen LogP contribution < -0.4 is 5.32 Å². The van der Waals surface area contributed by atoms with Crippen LogP contribution in [0.4, 0.5) is 0 Å². The van der Waals surface area contributed by atoms with E-state index < -0.39 is 15.7 Å². The second-order valence-corrected chi connectivity index (χ2v) is 10.1. The molecular formula is C24H25ClN2O4S. The number of likely N-dealkylation sites (tertiary alicyclic amines) is 1. The maximum atomic E-state index is 12.8. The van der Waals surface area contributed by atoms with E-state index in [4.69, 9.17) is 16.0 Å². The van der Waals surface area contributed by atoms with Gasteiger partial charge in [-0.3, -0.25) is 9.69 Å². The molecule has 0 radical (unpaired) electrons. The number of furan rings is 1. The number of piperidine rings is 1. The summed E-state index contributed by atoms with van der Waals surface area (Å²) in [6.45, 7) is 2.30. The third kappa shape index (κ3) is 5.06. The number of carbonyl (C=O) groups is 1. The third-order valence-electron chi connectivity index (χ3n) is 5.67. The molecule has 1 saturated heterocycles. The van der Waals surface area contributed by atoms with Crippen molar-refractivity contribution in [3.05, 3.63) is 83.1 Å². The second-order valence-electron chi connectivity index (χ2n) is 7.81. The van der Waals surface area contributed by atoms with Crippen LogP contribution in [-0.4, -0.2) is 38.9 Å². The number of rotatable bonds is 7. The van der Waals surface area contributed by atoms with Crippen LogP contribution in [0.1, 0.15) is 41.4 Å². The number of hydrogen-bond acceptors (Lipinski definition) is 5. The van der Waals surface area contributed by atoms with E-state index in [1.54, 1.807) is 18.2 Å². The van der Waals surface area contributed by atoms with Gasteiger partial charge < -0.3 is 9.73 Å². The lowest BCUT2D eigenvalue weighted by molar-refractivity contribution is 0.0892. The minimum Gasteiger partial charge on any atom is -0.439 e. The van der Waals surface area contributed by atoms with Gasteiger partial charge in [-0.2, -0.15) is 0 Å². The molecule has 2 heterocycles. The highest BCUT2D eigenvalue weighted by atomic mass is 35.5. The van der Waals surface area contributed by atoms with E-state index in [-0.39, 0.29) is 21.8 Å². The van der Waals surface area contributed by atoms with Gasteiger partial charge in [0.1, 0.15) is 0 Å². The molecule has 0 bridgehead atoms. The fourth-order valence-electron chi connectivity index (χ4n) is 3.95. The molecule has 6 nitrogen and oxygen atoms in total. The molecule has 1 N–H and O–H groups in total. The van der Waals surface area contributed by atoms with Gasteiger partial charge >= 0.3 is 0 Å². The van der Waals surface area contributed by atoms with Crippen molar-refractivity contribution in [2.45, 2.75) is 35.3 Å². The Hall–Kier alpha value is -2.61. The van der Waals surface area contributed by atoms with Gasteiger partial charge in [0, 0.05) is 11.6 Å². The Balaban J connectivity index is 1.48. The van der Waals surface area contributed by atoms with Crippen molar-refractivity contribution in [1.29, 1.82) is 0 Å². The standard InChI is InChI=1S/C24H25ClN2O4S/c25-19-11-9-18(10-12-19)21(27-15-5-2-6-16-27)17-26-24(28)22-13-14-23(31-22)32(29,30)20-7-3-1-4-8-20/h1,3-4,7-14,21H,2,5-6,15-17H2,(H,26,28). The van der Waals surface area contributed by atoms with Crippen molar-refractivity contribution in [1.82, 2.24) is 10.2 Å². The largest absolute Gasteiger partial charge is 0.439 e. The van der Waals surface area contributed by atoms with Gasteiger partial charge in [-0.25, -0.2) is 8.42 Å². The molecule has 0 spiro atoms. The van der Waals surface area contributed by atoms with Crippen LogP contribution in [0.25, 0.3) is 0 Å². The summed E-state index contributed by atoms with van der Waals surface area (Å²) in [5.74, 6) is -0.483. The van der Waals surface area contributed by atoms with E-state index in [0.717, 1.165) is 31.5 Å². The molecule has 3 aromatic rings. The molecule has 8 heteroatoms. The highest BCUT2D eigenvalue weighted by Gasteiger charge is 2.26. The van der Waals surface area contributed by atoms with Gasteiger partial charge in [-0.05, 0) is 67.9 Å². The highest BCUT2D eigenvalue weighted by Crippen LogP contribution is 2.26. The Morgan fingerprint density at radius 2 is 1.66 bits per heavy atom. The highest BCUT2D eigenvalue weighted by molar-refractivity contribution is 7.91. The van der Waals surface area contributed by atoms with Gasteiger partial charge in [0.2, 0.25) is 14.9 Å². The van der Waals surface area contributed by atoms with Crippen LogP contribution in [0.15, 0.2) is 81.1 Å². The average molecular weight is 473 g/mol. The first-order chi connectivity index (χ1) is 15.4. The Bertz CT molecular complexity index is 1150. The third-order valence-corrected chi connectivity index (χ3v) is 7.56. The summed E-state index contributed by atoms with van der Waals surface area (Å²) in [5, 5.41) is 3.33. The molecule has 1 fully saturated rings. The fourth-order valence-corrected chi connectivity index (χ4v) is 5.27. The van der Waals surface area contributed by atoms with Gasteiger partial charge in [-0.15, -0.1) is 0 Å². The maximum Gasteiger partial charge on any atom is 0.287 e. The number of hydrogen-bond donors (Lipinski definition) is 1. The van der Waals surface area contributed by atoms with E-state index in [1.807, 2.05) is 24.3 Å². The van der Waals surface area contributed by atoms with E-state index in [9.17, 15) is 13.2 Å². The summed E-state index contributed by atoms with van der Waals surface area (Å²) >= 11 is 6.05. The first kappa shape index (κ1) is 22.6. The first-order valence-corrected chi connectivity index (χ1v) is 12.5. The summed E-state index contributed by atoms with van der Waals surface area (Å²) in [6.07, 6.45) is 3.45. The zero-order valence-corrected chi connectivity index (χ0v) is 19.1. The molecule has 2 aromatic carbocycles. The number of carbonyl (C=O) groups excluding carboxylic acids is 1. The van der Waals surface area contributed by atoms with Crippen LogP contribution in [0.3, 0.4) is 0 Å². The van der Waals surface area contributed by atoms with Crippen molar-refractivity contribution >= 4 is 27.3 Å². The molecule has 1 atom stereocenters. The van der Waals surface area contributed by atoms with E-state index in [2.05, 4.69) is 10.2 Å². The Labute approximate surface area is 193 Å². The minimum atomic E-state index is -3.81. The summed E-state index contributed by atoms with van der Waals surface area (Å²) < 4.78 is 30.9. The van der Waals surface area contributed by atoms with Crippen molar-refractivity contribution in [2.75, 3.05) is 19.6 Å². The zero-order valence-electron chi connectivity index (χ0n) is 17.5. The van der Waals surface area contributed by atoms with Gasteiger partial charge in [0.05, 0.1) is 10.9 Å². The number of halogens is 1. The molecule has 1 aromatic heterocycles. The molecule has 4 rings (SSSR count). The monoisotopic (exact) mass is 472 g/mol. The van der Waals surface area contributed by atoms with Crippen molar-refractivity contribution in [3.63, 3.8) is 0 Å². The Morgan fingerprint density at radius 1 is 0.969 bits per heavy atom. The van der Waals surface area contributed by atoms with Gasteiger partial charge in [0.15, 0.2) is 5.76 Å². The van der Waals surface area contributed by atoms with Crippen LogP contribution in [0.5, 0.6) is 0 Å². The lowest BCUT2D eigenvalue weighted by Crippen LogP contribution is -2.40. The second kappa shape index (κ2) is 9.90. The molecule has 1 unspecified atom stereocenters. The van der Waals surface area contributed by atoms with Gasteiger partial charge in [-0.1, -0.05) is 48.4 Å².